The van der Waals surface area contributed by atoms with Gasteiger partial charge in [0.25, 0.3) is 5.91 Å². The molecule has 7 heteroatoms. The Balaban J connectivity index is 1.93. The van der Waals surface area contributed by atoms with Gasteiger partial charge in [0, 0.05) is 23.5 Å². The zero-order chi connectivity index (χ0) is 26.1. The Kier molecular flexibility index (Phi) is 10.4. The normalized spacial score (nSPS) is 12.5. The minimum atomic E-state index is -0.711. The van der Waals surface area contributed by atoms with Gasteiger partial charge in [-0.25, -0.2) is 0 Å². The molecule has 0 aliphatic rings. The van der Waals surface area contributed by atoms with E-state index in [4.69, 9.17) is 16.3 Å². The summed E-state index contributed by atoms with van der Waals surface area (Å²) in [5.74, 6) is -0.0676. The fraction of sp³-hybridized carbons (Fsp3) is 0.310. The van der Waals surface area contributed by atoms with Crippen LogP contribution in [-0.2, 0) is 22.6 Å². The Bertz CT molecular complexity index is 1170. The van der Waals surface area contributed by atoms with E-state index in [-0.39, 0.29) is 31.0 Å². The summed E-state index contributed by atoms with van der Waals surface area (Å²) in [5, 5.41) is 3.48. The number of nitrogens with one attached hydrogen (secondary N) is 1. The number of carbonyl (C=O) groups excluding carboxylic acids is 2. The summed E-state index contributed by atoms with van der Waals surface area (Å²) < 4.78 is 6.63. The van der Waals surface area contributed by atoms with Crippen molar-refractivity contribution in [1.82, 2.24) is 10.2 Å². The highest BCUT2D eigenvalue weighted by Gasteiger charge is 2.31. The molecule has 1 N–H and O–H groups in total. The van der Waals surface area contributed by atoms with Crippen LogP contribution in [-0.4, -0.2) is 35.4 Å². The van der Waals surface area contributed by atoms with Crippen molar-refractivity contribution in [3.63, 3.8) is 0 Å². The van der Waals surface area contributed by atoms with Crippen molar-refractivity contribution in [3.05, 3.63) is 99.0 Å². The number of rotatable bonds is 11. The van der Waals surface area contributed by atoms with Crippen LogP contribution >= 0.6 is 27.5 Å². The van der Waals surface area contributed by atoms with Crippen LogP contribution in [0, 0.1) is 6.92 Å². The van der Waals surface area contributed by atoms with Crippen molar-refractivity contribution in [3.8, 4) is 5.75 Å². The number of carbonyl (C=O) groups is 2. The zero-order valence-corrected chi connectivity index (χ0v) is 23.2. The molecule has 0 fully saturated rings. The molecule has 190 valence electrons. The van der Waals surface area contributed by atoms with Gasteiger partial charge in [0.05, 0.1) is 5.02 Å². The van der Waals surface area contributed by atoms with Gasteiger partial charge in [-0.2, -0.15) is 0 Å². The van der Waals surface area contributed by atoms with Crippen molar-refractivity contribution < 1.29 is 14.3 Å². The molecule has 36 heavy (non-hydrogen) atoms. The summed E-state index contributed by atoms with van der Waals surface area (Å²) in [6.07, 6.45) is 1.18. The van der Waals surface area contributed by atoms with Crippen LogP contribution in [0.5, 0.6) is 5.75 Å². The molecule has 0 aliphatic carbocycles. The van der Waals surface area contributed by atoms with E-state index in [1.807, 2.05) is 75.4 Å². The van der Waals surface area contributed by atoms with Crippen LogP contribution in [0.2, 0.25) is 5.02 Å². The van der Waals surface area contributed by atoms with Crippen LogP contribution < -0.4 is 10.1 Å². The van der Waals surface area contributed by atoms with E-state index in [0.717, 1.165) is 27.6 Å². The highest BCUT2D eigenvalue weighted by atomic mass is 79.9. The second kappa shape index (κ2) is 13.5. The maximum atomic E-state index is 13.7. The van der Waals surface area contributed by atoms with Crippen LogP contribution in [0.1, 0.15) is 37.0 Å². The predicted molar refractivity (Wildman–Crippen MR) is 148 cm³/mol. The standard InChI is InChI=1S/C29H32BrClN2O3/c1-4-21(3)32-29(35)26(16-22-11-6-5-7-12-22)33(18-23-13-9-8-10-20(23)2)28(34)19-36-27-15-14-24(30)17-25(27)31/h5-15,17,21,26H,4,16,18-19H2,1-3H3,(H,32,35)/t21-,26-/m0/s1. The molecule has 0 heterocycles. The molecule has 2 atom stereocenters. The van der Waals surface area contributed by atoms with E-state index >= 15 is 0 Å². The fourth-order valence-electron chi connectivity index (χ4n) is 3.78. The summed E-state index contributed by atoms with van der Waals surface area (Å²) in [5.41, 5.74) is 3.00. The van der Waals surface area contributed by atoms with Crippen LogP contribution in [0.4, 0.5) is 0 Å². The highest BCUT2D eigenvalue weighted by molar-refractivity contribution is 9.10. The summed E-state index contributed by atoms with van der Waals surface area (Å²) >= 11 is 9.67. The SMILES string of the molecule is CC[C@H](C)NC(=O)[C@H](Cc1ccccc1)N(Cc1ccccc1C)C(=O)COc1ccc(Br)cc1Cl. The van der Waals surface area contributed by atoms with Crippen LogP contribution in [0.15, 0.2) is 77.3 Å². The minimum Gasteiger partial charge on any atom is -0.482 e. The van der Waals surface area contributed by atoms with Crippen molar-refractivity contribution in [1.29, 1.82) is 0 Å². The third-order valence-electron chi connectivity index (χ3n) is 6.12. The van der Waals surface area contributed by atoms with Gasteiger partial charge < -0.3 is 15.0 Å². The van der Waals surface area contributed by atoms with Crippen molar-refractivity contribution >= 4 is 39.3 Å². The van der Waals surface area contributed by atoms with Gasteiger partial charge in [0.1, 0.15) is 11.8 Å². The van der Waals surface area contributed by atoms with E-state index in [0.29, 0.717) is 17.2 Å². The molecule has 0 aromatic heterocycles. The number of halogens is 2. The average Bonchev–Trinajstić information content (AvgIpc) is 2.87. The van der Waals surface area contributed by atoms with Crippen LogP contribution in [0.3, 0.4) is 0 Å². The zero-order valence-electron chi connectivity index (χ0n) is 20.8. The first-order chi connectivity index (χ1) is 17.3. The van der Waals surface area contributed by atoms with Gasteiger partial charge in [-0.15, -0.1) is 0 Å². The predicted octanol–water partition coefficient (Wildman–Crippen LogP) is 6.34. The number of hydrogen-bond donors (Lipinski definition) is 1. The lowest BCUT2D eigenvalue weighted by Gasteiger charge is -2.32. The molecule has 3 aromatic rings. The largest absolute Gasteiger partial charge is 0.482 e. The molecule has 0 spiro atoms. The third kappa shape index (κ3) is 7.84. The number of benzene rings is 3. The van der Waals surface area contributed by atoms with E-state index in [9.17, 15) is 9.59 Å². The molecule has 0 radical (unpaired) electrons. The Morgan fingerprint density at radius 2 is 1.75 bits per heavy atom. The molecule has 3 rings (SSSR count). The molecule has 3 aromatic carbocycles. The van der Waals surface area contributed by atoms with Gasteiger partial charge in [-0.05, 0) is 55.2 Å². The third-order valence-corrected chi connectivity index (χ3v) is 6.91. The number of nitrogens with zero attached hydrogens (tertiary/aromatic N) is 1. The van der Waals surface area contributed by atoms with Gasteiger partial charge in [0.2, 0.25) is 5.91 Å². The summed E-state index contributed by atoms with van der Waals surface area (Å²) in [6.45, 7) is 6.03. The van der Waals surface area contributed by atoms with E-state index < -0.39 is 6.04 Å². The van der Waals surface area contributed by atoms with Crippen molar-refractivity contribution in [2.75, 3.05) is 6.61 Å². The first kappa shape index (κ1) is 27.8. The first-order valence-corrected chi connectivity index (χ1v) is 13.2. The number of aryl methyl sites for hydroxylation is 1. The quantitative estimate of drug-likeness (QED) is 0.292. The molecule has 0 unspecified atom stereocenters. The van der Waals surface area contributed by atoms with E-state index in [1.54, 1.807) is 23.1 Å². The molecular formula is C29H32BrClN2O3. The molecular weight excluding hydrogens is 540 g/mol. The second-order valence-corrected chi connectivity index (χ2v) is 10.2. The Labute approximate surface area is 226 Å². The molecule has 0 saturated carbocycles. The lowest BCUT2D eigenvalue weighted by Crippen LogP contribution is -2.53. The number of hydrogen-bond acceptors (Lipinski definition) is 3. The monoisotopic (exact) mass is 570 g/mol. The second-order valence-electron chi connectivity index (χ2n) is 8.83. The summed E-state index contributed by atoms with van der Waals surface area (Å²) in [6, 6.07) is 22.1. The molecule has 0 saturated heterocycles. The first-order valence-electron chi connectivity index (χ1n) is 12.0. The number of amides is 2. The molecule has 5 nitrogen and oxygen atoms in total. The molecule has 0 aliphatic heterocycles. The number of ether oxygens (including phenoxy) is 1. The van der Waals surface area contributed by atoms with Gasteiger partial charge >= 0.3 is 0 Å². The smallest absolute Gasteiger partial charge is 0.261 e. The van der Waals surface area contributed by atoms with Crippen LogP contribution in [0.25, 0.3) is 0 Å². The minimum absolute atomic E-state index is 0.0102. The van der Waals surface area contributed by atoms with Gasteiger partial charge in [-0.3, -0.25) is 9.59 Å². The Morgan fingerprint density at radius 1 is 1.06 bits per heavy atom. The lowest BCUT2D eigenvalue weighted by atomic mass is 10.0. The highest BCUT2D eigenvalue weighted by Crippen LogP contribution is 2.28. The molecule has 2 amide bonds. The van der Waals surface area contributed by atoms with E-state index in [1.165, 1.54) is 0 Å². The van der Waals surface area contributed by atoms with Crippen molar-refractivity contribution in [2.45, 2.75) is 52.2 Å². The Hall–Kier alpha value is -2.83. The average molecular weight is 572 g/mol. The summed E-state index contributed by atoms with van der Waals surface area (Å²) in [4.78, 5) is 28.8. The van der Waals surface area contributed by atoms with Gasteiger partial charge in [-0.1, -0.05) is 89.1 Å². The molecule has 0 bridgehead atoms. The fourth-order valence-corrected chi connectivity index (χ4v) is 4.51. The Morgan fingerprint density at radius 3 is 2.42 bits per heavy atom. The van der Waals surface area contributed by atoms with E-state index in [2.05, 4.69) is 21.2 Å². The van der Waals surface area contributed by atoms with Crippen molar-refractivity contribution in [2.24, 2.45) is 0 Å². The maximum absolute atomic E-state index is 13.7. The summed E-state index contributed by atoms with van der Waals surface area (Å²) in [7, 11) is 0. The maximum Gasteiger partial charge on any atom is 0.261 e. The van der Waals surface area contributed by atoms with Gasteiger partial charge in [0.15, 0.2) is 6.61 Å². The lowest BCUT2D eigenvalue weighted by molar-refractivity contribution is -0.143. The topological polar surface area (TPSA) is 58.6 Å².